The molecule has 0 atom stereocenters. The number of nitrogens with zero attached hydrogens (tertiary/aromatic N) is 5. The van der Waals surface area contributed by atoms with Gasteiger partial charge in [-0.15, -0.1) is 5.10 Å². The van der Waals surface area contributed by atoms with Crippen molar-refractivity contribution in [2.75, 3.05) is 5.32 Å². The van der Waals surface area contributed by atoms with E-state index < -0.39 is 0 Å². The number of carbonyl (C=O) groups excluding carboxylic acids is 1. The Kier molecular flexibility index (Phi) is 6.26. The zero-order valence-electron chi connectivity index (χ0n) is 19.5. The number of amides is 1. The fourth-order valence-corrected chi connectivity index (χ4v) is 3.67. The molecule has 4 rings (SSSR count). The highest BCUT2D eigenvalue weighted by Crippen LogP contribution is 2.19. The third-order valence-corrected chi connectivity index (χ3v) is 5.18. The van der Waals surface area contributed by atoms with E-state index >= 15 is 0 Å². The van der Waals surface area contributed by atoms with Crippen LogP contribution in [0.2, 0.25) is 0 Å². The van der Waals surface area contributed by atoms with Crippen LogP contribution in [0.4, 0.5) is 5.69 Å². The molecule has 0 saturated carbocycles. The monoisotopic (exact) mass is 444 g/mol. The number of aryl methyl sites for hydroxylation is 2. The van der Waals surface area contributed by atoms with Crippen LogP contribution >= 0.6 is 0 Å². The van der Waals surface area contributed by atoms with Crippen LogP contribution in [0.5, 0.6) is 5.75 Å². The lowest BCUT2D eigenvalue weighted by molar-refractivity contribution is 0.102. The van der Waals surface area contributed by atoms with Crippen LogP contribution in [0.25, 0.3) is 5.69 Å². The molecule has 0 aliphatic carbocycles. The SMILES string of the molecule is Cc1cc(C)n(Cc2cccc(NC(=O)c3nnn(-c4ccc(OC(C)C)cc4)c3C)c2)n1. The maximum Gasteiger partial charge on any atom is 0.278 e. The number of rotatable bonds is 7. The van der Waals surface area contributed by atoms with E-state index in [2.05, 4.69) is 20.7 Å². The summed E-state index contributed by atoms with van der Waals surface area (Å²) in [6, 6.07) is 17.3. The molecule has 1 N–H and O–H groups in total. The minimum absolute atomic E-state index is 0.102. The van der Waals surface area contributed by atoms with Crippen molar-refractivity contribution in [2.45, 2.75) is 47.3 Å². The lowest BCUT2D eigenvalue weighted by Gasteiger charge is -2.10. The predicted octanol–water partition coefficient (Wildman–Crippen LogP) is 4.48. The van der Waals surface area contributed by atoms with E-state index in [0.29, 0.717) is 17.9 Å². The number of nitrogens with one attached hydrogen (secondary N) is 1. The van der Waals surface area contributed by atoms with Crippen LogP contribution in [-0.4, -0.2) is 36.8 Å². The van der Waals surface area contributed by atoms with Crippen molar-refractivity contribution in [2.24, 2.45) is 0 Å². The Morgan fingerprint density at radius 1 is 1.06 bits per heavy atom. The molecule has 4 aromatic rings. The highest BCUT2D eigenvalue weighted by atomic mass is 16.5. The van der Waals surface area contributed by atoms with E-state index in [9.17, 15) is 4.79 Å². The first-order chi connectivity index (χ1) is 15.8. The fourth-order valence-electron chi connectivity index (χ4n) is 3.67. The first-order valence-electron chi connectivity index (χ1n) is 10.9. The van der Waals surface area contributed by atoms with Gasteiger partial charge in [0.1, 0.15) is 5.75 Å². The first-order valence-corrected chi connectivity index (χ1v) is 10.9. The number of hydrogen-bond donors (Lipinski definition) is 1. The summed E-state index contributed by atoms with van der Waals surface area (Å²) < 4.78 is 9.28. The number of benzene rings is 2. The molecule has 33 heavy (non-hydrogen) atoms. The quantitative estimate of drug-likeness (QED) is 0.454. The topological polar surface area (TPSA) is 86.9 Å². The van der Waals surface area contributed by atoms with Crippen molar-refractivity contribution in [3.8, 4) is 11.4 Å². The molecule has 0 bridgehead atoms. The third kappa shape index (κ3) is 5.11. The molecule has 0 radical (unpaired) electrons. The Hall–Kier alpha value is -3.94. The molecule has 8 nitrogen and oxygen atoms in total. The third-order valence-electron chi connectivity index (χ3n) is 5.18. The number of aromatic nitrogens is 5. The smallest absolute Gasteiger partial charge is 0.278 e. The van der Waals surface area contributed by atoms with Gasteiger partial charge in [-0.25, -0.2) is 4.68 Å². The van der Waals surface area contributed by atoms with Crippen LogP contribution in [0.3, 0.4) is 0 Å². The van der Waals surface area contributed by atoms with E-state index in [-0.39, 0.29) is 17.7 Å². The van der Waals surface area contributed by atoms with Crippen LogP contribution in [0.15, 0.2) is 54.6 Å². The van der Waals surface area contributed by atoms with Gasteiger partial charge >= 0.3 is 0 Å². The number of hydrogen-bond acceptors (Lipinski definition) is 5. The molecule has 2 aromatic carbocycles. The second-order valence-corrected chi connectivity index (χ2v) is 8.34. The summed E-state index contributed by atoms with van der Waals surface area (Å²) in [6.45, 7) is 10.4. The summed E-state index contributed by atoms with van der Waals surface area (Å²) in [5.74, 6) is 0.478. The van der Waals surface area contributed by atoms with Crippen molar-refractivity contribution in [1.82, 2.24) is 24.8 Å². The maximum absolute atomic E-state index is 12.9. The summed E-state index contributed by atoms with van der Waals surface area (Å²) >= 11 is 0. The molecule has 2 heterocycles. The molecule has 0 aliphatic rings. The molecular formula is C25H28N6O2. The van der Waals surface area contributed by atoms with Crippen LogP contribution in [0, 0.1) is 20.8 Å². The molecule has 1 amide bonds. The van der Waals surface area contributed by atoms with Gasteiger partial charge in [0.05, 0.1) is 29.7 Å². The normalized spacial score (nSPS) is 11.1. The molecule has 170 valence electrons. The Bertz CT molecular complexity index is 1270. The lowest BCUT2D eigenvalue weighted by Crippen LogP contribution is -2.14. The van der Waals surface area contributed by atoms with Gasteiger partial charge in [-0.2, -0.15) is 5.10 Å². The Morgan fingerprint density at radius 3 is 2.48 bits per heavy atom. The van der Waals surface area contributed by atoms with Gasteiger partial charge in [-0.1, -0.05) is 17.3 Å². The van der Waals surface area contributed by atoms with Crippen LogP contribution in [-0.2, 0) is 6.54 Å². The van der Waals surface area contributed by atoms with Crippen molar-refractivity contribution >= 4 is 11.6 Å². The van der Waals surface area contributed by atoms with Gasteiger partial charge in [-0.05, 0) is 82.6 Å². The van der Waals surface area contributed by atoms with E-state index in [1.165, 1.54) is 0 Å². The van der Waals surface area contributed by atoms with Gasteiger partial charge in [0.15, 0.2) is 5.69 Å². The Labute approximate surface area is 193 Å². The van der Waals surface area contributed by atoms with E-state index in [4.69, 9.17) is 4.74 Å². The molecule has 0 fully saturated rings. The molecule has 0 aliphatic heterocycles. The van der Waals surface area contributed by atoms with E-state index in [0.717, 1.165) is 28.4 Å². The lowest BCUT2D eigenvalue weighted by atomic mass is 10.2. The number of ether oxygens (including phenoxy) is 1. The second kappa shape index (κ2) is 9.28. The summed E-state index contributed by atoms with van der Waals surface area (Å²) in [4.78, 5) is 12.9. The van der Waals surface area contributed by atoms with E-state index in [1.54, 1.807) is 4.68 Å². The largest absolute Gasteiger partial charge is 0.491 e. The van der Waals surface area contributed by atoms with Gasteiger partial charge in [0.25, 0.3) is 5.91 Å². The standard InChI is InChI=1S/C25H28N6O2/c1-16(2)33-23-11-9-22(10-12-23)31-19(5)24(27-29-31)25(32)26-21-8-6-7-20(14-21)15-30-18(4)13-17(3)28-30/h6-14,16H,15H2,1-5H3,(H,26,32). The zero-order valence-corrected chi connectivity index (χ0v) is 19.5. The molecular weight excluding hydrogens is 416 g/mol. The van der Waals surface area contributed by atoms with E-state index in [1.807, 2.05) is 93.9 Å². The highest BCUT2D eigenvalue weighted by molar-refractivity contribution is 6.03. The molecule has 8 heteroatoms. The average Bonchev–Trinajstić information content (AvgIpc) is 3.29. The minimum Gasteiger partial charge on any atom is -0.491 e. The highest BCUT2D eigenvalue weighted by Gasteiger charge is 2.18. The van der Waals surface area contributed by atoms with Gasteiger partial charge in [0, 0.05) is 11.4 Å². The Balaban J connectivity index is 1.48. The van der Waals surface area contributed by atoms with Crippen molar-refractivity contribution < 1.29 is 9.53 Å². The number of carbonyl (C=O) groups is 1. The predicted molar refractivity (Wildman–Crippen MR) is 127 cm³/mol. The van der Waals surface area contributed by atoms with Gasteiger partial charge in [0.2, 0.25) is 0 Å². The van der Waals surface area contributed by atoms with Gasteiger partial charge < -0.3 is 10.1 Å². The molecule has 0 unspecified atom stereocenters. The number of anilines is 1. The molecule has 0 spiro atoms. The maximum atomic E-state index is 12.9. The van der Waals surface area contributed by atoms with Gasteiger partial charge in [-0.3, -0.25) is 9.48 Å². The Morgan fingerprint density at radius 2 is 1.82 bits per heavy atom. The minimum atomic E-state index is -0.304. The van der Waals surface area contributed by atoms with Crippen LogP contribution < -0.4 is 10.1 Å². The van der Waals surface area contributed by atoms with Crippen LogP contribution in [0.1, 0.15) is 47.0 Å². The van der Waals surface area contributed by atoms with Crippen molar-refractivity contribution in [1.29, 1.82) is 0 Å². The zero-order chi connectivity index (χ0) is 23.5. The summed E-state index contributed by atoms with van der Waals surface area (Å²) in [6.07, 6.45) is 0.102. The van der Waals surface area contributed by atoms with Crippen molar-refractivity contribution in [3.05, 3.63) is 82.9 Å². The molecule has 0 saturated heterocycles. The fraction of sp³-hybridized carbons (Fsp3) is 0.280. The second-order valence-electron chi connectivity index (χ2n) is 8.34. The van der Waals surface area contributed by atoms with Crippen molar-refractivity contribution in [3.63, 3.8) is 0 Å². The average molecular weight is 445 g/mol. The molecule has 2 aromatic heterocycles. The summed E-state index contributed by atoms with van der Waals surface area (Å²) in [5.41, 5.74) is 5.56. The summed E-state index contributed by atoms with van der Waals surface area (Å²) in [7, 11) is 0. The summed E-state index contributed by atoms with van der Waals surface area (Å²) in [5, 5.41) is 15.7. The first kappa shape index (κ1) is 22.3.